The van der Waals surface area contributed by atoms with Gasteiger partial charge in [0.1, 0.15) is 11.6 Å². The standard InChI is InChI=1S/C27H21NO4S/c1-16-23(26(29)30)25(33-24(16)17-9-3-2-4-10-17)28-27(31)32-15-22-20-13-7-5-11-18(20)19-12-6-8-14-21(19)22/h2-14,22H,15H2,1H3,(H,28,31)(H,29,30). The smallest absolute Gasteiger partial charge is 0.412 e. The normalized spacial score (nSPS) is 12.2. The number of carboxylic acid groups (broad SMARTS) is 1. The molecule has 0 atom stereocenters. The van der Waals surface area contributed by atoms with Crippen LogP contribution in [0.3, 0.4) is 0 Å². The number of thiophene rings is 1. The number of carboxylic acids is 1. The Hall–Kier alpha value is -3.90. The molecule has 1 heterocycles. The molecule has 0 radical (unpaired) electrons. The lowest BCUT2D eigenvalue weighted by atomic mass is 9.98. The Bertz CT molecular complexity index is 1310. The van der Waals surface area contributed by atoms with Crippen LogP contribution in [0.25, 0.3) is 21.6 Å². The third-order valence-corrected chi connectivity index (χ3v) is 7.21. The molecule has 0 spiro atoms. The summed E-state index contributed by atoms with van der Waals surface area (Å²) in [6.45, 7) is 1.92. The van der Waals surface area contributed by atoms with Gasteiger partial charge in [-0.15, -0.1) is 11.3 Å². The summed E-state index contributed by atoms with van der Waals surface area (Å²) in [7, 11) is 0. The van der Waals surface area contributed by atoms with Gasteiger partial charge in [0.05, 0.1) is 5.56 Å². The summed E-state index contributed by atoms with van der Waals surface area (Å²) in [6.07, 6.45) is -0.666. The van der Waals surface area contributed by atoms with Gasteiger partial charge < -0.3 is 9.84 Å². The van der Waals surface area contributed by atoms with E-state index in [4.69, 9.17) is 4.74 Å². The van der Waals surface area contributed by atoms with Crippen LogP contribution in [0.15, 0.2) is 78.9 Å². The number of hydrogen-bond donors (Lipinski definition) is 2. The molecule has 4 aromatic rings. The number of benzene rings is 3. The van der Waals surface area contributed by atoms with Crippen LogP contribution >= 0.6 is 11.3 Å². The predicted octanol–water partition coefficient (Wildman–Crippen LogP) is 6.78. The first kappa shape index (κ1) is 21.0. The van der Waals surface area contributed by atoms with E-state index in [2.05, 4.69) is 29.6 Å². The fourth-order valence-electron chi connectivity index (χ4n) is 4.45. The van der Waals surface area contributed by atoms with Gasteiger partial charge in [0, 0.05) is 10.8 Å². The van der Waals surface area contributed by atoms with Crippen LogP contribution in [0, 0.1) is 6.92 Å². The molecular formula is C27H21NO4S. The lowest BCUT2D eigenvalue weighted by Crippen LogP contribution is -2.18. The number of aromatic carboxylic acids is 1. The highest BCUT2D eigenvalue weighted by Crippen LogP contribution is 2.45. The maximum absolute atomic E-state index is 12.7. The molecule has 1 aliphatic carbocycles. The first-order chi connectivity index (χ1) is 16.0. The lowest BCUT2D eigenvalue weighted by molar-refractivity contribution is 0.0698. The second-order valence-corrected chi connectivity index (χ2v) is 8.90. The van der Waals surface area contributed by atoms with Crippen LogP contribution in [-0.2, 0) is 4.74 Å². The van der Waals surface area contributed by atoms with Crippen LogP contribution in [0.4, 0.5) is 9.80 Å². The number of carbonyl (C=O) groups excluding carboxylic acids is 1. The molecule has 3 aromatic carbocycles. The van der Waals surface area contributed by atoms with Gasteiger partial charge in [-0.1, -0.05) is 78.9 Å². The van der Waals surface area contributed by atoms with Crippen molar-refractivity contribution in [2.75, 3.05) is 11.9 Å². The highest BCUT2D eigenvalue weighted by molar-refractivity contribution is 7.20. The van der Waals surface area contributed by atoms with Crippen LogP contribution in [0.1, 0.15) is 33.0 Å². The Balaban J connectivity index is 1.37. The topological polar surface area (TPSA) is 75.6 Å². The van der Waals surface area contributed by atoms with E-state index in [0.717, 1.165) is 32.7 Å². The number of hydrogen-bond acceptors (Lipinski definition) is 4. The van der Waals surface area contributed by atoms with Crippen LogP contribution < -0.4 is 5.32 Å². The summed E-state index contributed by atoms with van der Waals surface area (Å²) in [5.41, 5.74) is 6.16. The molecule has 5 nitrogen and oxygen atoms in total. The minimum Gasteiger partial charge on any atom is -0.478 e. The molecular weight excluding hydrogens is 434 g/mol. The van der Waals surface area contributed by atoms with Crippen molar-refractivity contribution in [3.63, 3.8) is 0 Å². The quantitative estimate of drug-likeness (QED) is 0.348. The first-order valence-corrected chi connectivity index (χ1v) is 11.4. The van der Waals surface area contributed by atoms with Crippen molar-refractivity contribution in [3.8, 4) is 21.6 Å². The zero-order valence-corrected chi connectivity index (χ0v) is 18.7. The van der Waals surface area contributed by atoms with Crippen LogP contribution in [0.5, 0.6) is 0 Å². The maximum atomic E-state index is 12.7. The van der Waals surface area contributed by atoms with E-state index in [1.807, 2.05) is 54.6 Å². The average molecular weight is 456 g/mol. The second-order valence-electron chi connectivity index (χ2n) is 7.88. The van der Waals surface area contributed by atoms with E-state index >= 15 is 0 Å². The number of rotatable bonds is 5. The molecule has 2 N–H and O–H groups in total. The van der Waals surface area contributed by atoms with E-state index < -0.39 is 12.1 Å². The van der Waals surface area contributed by atoms with Crippen LogP contribution in [0.2, 0.25) is 0 Å². The summed E-state index contributed by atoms with van der Waals surface area (Å²) in [4.78, 5) is 25.4. The molecule has 0 bridgehead atoms. The zero-order chi connectivity index (χ0) is 22.9. The molecule has 0 saturated heterocycles. The largest absolute Gasteiger partial charge is 0.478 e. The van der Waals surface area contributed by atoms with Gasteiger partial charge in [-0.25, -0.2) is 9.59 Å². The van der Waals surface area contributed by atoms with Gasteiger partial charge in [-0.05, 0) is 40.3 Å². The second kappa shape index (κ2) is 8.56. The van der Waals surface area contributed by atoms with E-state index in [1.165, 1.54) is 11.3 Å². The van der Waals surface area contributed by atoms with Crippen molar-refractivity contribution in [1.29, 1.82) is 0 Å². The van der Waals surface area contributed by atoms with Crippen molar-refractivity contribution >= 4 is 28.4 Å². The summed E-state index contributed by atoms with van der Waals surface area (Å²) >= 11 is 1.24. The van der Waals surface area contributed by atoms with Crippen molar-refractivity contribution in [1.82, 2.24) is 0 Å². The van der Waals surface area contributed by atoms with Crippen molar-refractivity contribution < 1.29 is 19.4 Å². The van der Waals surface area contributed by atoms with E-state index in [0.29, 0.717) is 5.56 Å². The minimum absolute atomic E-state index is 0.0629. The number of ether oxygens (including phenoxy) is 1. The number of anilines is 1. The summed E-state index contributed by atoms with van der Waals surface area (Å²) < 4.78 is 5.60. The molecule has 0 aliphatic heterocycles. The van der Waals surface area contributed by atoms with Gasteiger partial charge in [0.25, 0.3) is 0 Å². The SMILES string of the molecule is Cc1c(-c2ccccc2)sc(NC(=O)OCC2c3ccccc3-c3ccccc32)c1C(=O)O. The Kier molecular flexibility index (Phi) is 5.44. The third-order valence-electron chi connectivity index (χ3n) is 5.96. The molecule has 6 heteroatoms. The molecule has 1 amide bonds. The molecule has 0 fully saturated rings. The lowest BCUT2D eigenvalue weighted by Gasteiger charge is -2.14. The highest BCUT2D eigenvalue weighted by Gasteiger charge is 2.29. The fraction of sp³-hybridized carbons (Fsp3) is 0.111. The van der Waals surface area contributed by atoms with Gasteiger partial charge in [-0.3, -0.25) is 5.32 Å². The zero-order valence-electron chi connectivity index (χ0n) is 17.9. The number of amides is 1. The minimum atomic E-state index is -1.08. The number of nitrogens with one attached hydrogen (secondary N) is 1. The molecule has 33 heavy (non-hydrogen) atoms. The van der Waals surface area contributed by atoms with Crippen molar-refractivity contribution in [2.45, 2.75) is 12.8 Å². The van der Waals surface area contributed by atoms with Crippen molar-refractivity contribution in [2.24, 2.45) is 0 Å². The molecule has 164 valence electrons. The highest BCUT2D eigenvalue weighted by atomic mass is 32.1. The Morgan fingerprint density at radius 3 is 2.09 bits per heavy atom. The number of fused-ring (bicyclic) bond motifs is 3. The van der Waals surface area contributed by atoms with Crippen LogP contribution in [-0.4, -0.2) is 23.8 Å². The first-order valence-electron chi connectivity index (χ1n) is 10.6. The number of carbonyl (C=O) groups is 2. The summed E-state index contributed by atoms with van der Waals surface area (Å²) in [6, 6.07) is 25.8. The Morgan fingerprint density at radius 1 is 0.909 bits per heavy atom. The van der Waals surface area contributed by atoms with E-state index in [1.54, 1.807) is 6.92 Å². The molecule has 5 rings (SSSR count). The van der Waals surface area contributed by atoms with Gasteiger partial charge in [-0.2, -0.15) is 0 Å². The third kappa shape index (κ3) is 3.79. The molecule has 1 aromatic heterocycles. The van der Waals surface area contributed by atoms with Crippen molar-refractivity contribution in [3.05, 3.63) is 101 Å². The fourth-order valence-corrected chi connectivity index (χ4v) is 5.64. The average Bonchev–Trinajstić information content (AvgIpc) is 3.33. The predicted molar refractivity (Wildman–Crippen MR) is 130 cm³/mol. The molecule has 0 unspecified atom stereocenters. The summed E-state index contributed by atoms with van der Waals surface area (Å²) in [5, 5.41) is 12.7. The molecule has 0 saturated carbocycles. The monoisotopic (exact) mass is 455 g/mol. The maximum Gasteiger partial charge on any atom is 0.412 e. The van der Waals surface area contributed by atoms with Gasteiger partial charge in [0.15, 0.2) is 0 Å². The van der Waals surface area contributed by atoms with E-state index in [9.17, 15) is 14.7 Å². The summed E-state index contributed by atoms with van der Waals surface area (Å²) in [5.74, 6) is -1.15. The Labute approximate surface area is 195 Å². The van der Waals surface area contributed by atoms with Gasteiger partial charge >= 0.3 is 12.1 Å². The molecule has 1 aliphatic rings. The Morgan fingerprint density at radius 2 is 1.48 bits per heavy atom. The van der Waals surface area contributed by atoms with E-state index in [-0.39, 0.29) is 23.1 Å². The van der Waals surface area contributed by atoms with Gasteiger partial charge in [0.2, 0.25) is 0 Å².